The Kier molecular flexibility index (Phi) is 3.88. The molecule has 106 valence electrons. The molecule has 1 aliphatic rings. The van der Waals surface area contributed by atoms with Crippen LogP contribution >= 0.6 is 0 Å². The highest BCUT2D eigenvalue weighted by atomic mass is 32.2. The molecule has 1 fully saturated rings. The second-order valence-electron chi connectivity index (χ2n) is 4.45. The Morgan fingerprint density at radius 1 is 1.26 bits per heavy atom. The number of nitrogens with zero attached hydrogens (tertiary/aromatic N) is 4. The maximum absolute atomic E-state index is 11.4. The van der Waals surface area contributed by atoms with Gasteiger partial charge in [-0.2, -0.15) is 4.31 Å². The van der Waals surface area contributed by atoms with Gasteiger partial charge in [0.2, 0.25) is 10.0 Å². The van der Waals surface area contributed by atoms with Gasteiger partial charge in [0.05, 0.1) is 6.26 Å². The quantitative estimate of drug-likeness (QED) is 0.551. The number of hydrazine groups is 1. The summed E-state index contributed by atoms with van der Waals surface area (Å²) < 4.78 is 24.4. The van der Waals surface area contributed by atoms with E-state index < -0.39 is 10.0 Å². The zero-order chi connectivity index (χ0) is 14.0. The number of hydrogen-bond acceptors (Lipinski definition) is 7. The molecule has 2 rings (SSSR count). The molecule has 8 nitrogen and oxygen atoms in total. The lowest BCUT2D eigenvalue weighted by atomic mass is 10.3. The van der Waals surface area contributed by atoms with Crippen molar-refractivity contribution < 1.29 is 8.42 Å². The molecule has 1 saturated heterocycles. The molecule has 2 heterocycles. The zero-order valence-electron chi connectivity index (χ0n) is 11.0. The second kappa shape index (κ2) is 5.27. The monoisotopic (exact) mass is 286 g/mol. The van der Waals surface area contributed by atoms with Gasteiger partial charge in [-0.05, 0) is 6.92 Å². The first-order valence-corrected chi connectivity index (χ1v) is 7.77. The fraction of sp³-hybridized carbons (Fsp3) is 0.600. The zero-order valence-corrected chi connectivity index (χ0v) is 11.8. The standard InChI is InChI=1S/C10H18N6O2S/c1-8-12-9(14-11)7-10(13-8)15-3-5-16(6-4-15)19(2,17)18/h7H,3-6,11H2,1-2H3,(H,12,13,14). The van der Waals surface area contributed by atoms with Gasteiger partial charge in [-0.25, -0.2) is 24.2 Å². The van der Waals surface area contributed by atoms with Crippen molar-refractivity contribution in [2.45, 2.75) is 6.92 Å². The topological polar surface area (TPSA) is 104 Å². The number of aromatic nitrogens is 2. The van der Waals surface area contributed by atoms with Gasteiger partial charge in [0.1, 0.15) is 17.5 Å². The highest BCUT2D eigenvalue weighted by Crippen LogP contribution is 2.17. The van der Waals surface area contributed by atoms with Crippen LogP contribution in [0.25, 0.3) is 0 Å². The molecule has 9 heteroatoms. The molecule has 1 aromatic rings. The van der Waals surface area contributed by atoms with Gasteiger partial charge in [0.25, 0.3) is 0 Å². The number of hydrogen-bond donors (Lipinski definition) is 2. The Morgan fingerprint density at radius 3 is 2.42 bits per heavy atom. The summed E-state index contributed by atoms with van der Waals surface area (Å²) in [4.78, 5) is 10.5. The van der Waals surface area contributed by atoms with Gasteiger partial charge in [-0.1, -0.05) is 0 Å². The minimum absolute atomic E-state index is 0.466. The Labute approximate surface area is 112 Å². The van der Waals surface area contributed by atoms with Gasteiger partial charge >= 0.3 is 0 Å². The number of nitrogens with two attached hydrogens (primary N) is 1. The summed E-state index contributed by atoms with van der Waals surface area (Å²) in [7, 11) is -3.11. The van der Waals surface area contributed by atoms with E-state index in [0.717, 1.165) is 5.82 Å². The van der Waals surface area contributed by atoms with Gasteiger partial charge in [-0.15, -0.1) is 0 Å². The van der Waals surface area contributed by atoms with Crippen molar-refractivity contribution >= 4 is 21.7 Å². The first-order valence-electron chi connectivity index (χ1n) is 5.92. The molecule has 0 unspecified atom stereocenters. The Bertz CT molecular complexity index is 553. The number of nitrogen functional groups attached to an aromatic ring is 1. The van der Waals surface area contributed by atoms with Crippen LogP contribution in [-0.2, 0) is 10.0 Å². The normalized spacial score (nSPS) is 17.5. The average molecular weight is 286 g/mol. The Balaban J connectivity index is 2.11. The summed E-state index contributed by atoms with van der Waals surface area (Å²) in [5.41, 5.74) is 2.50. The predicted molar refractivity (Wildman–Crippen MR) is 73.2 cm³/mol. The van der Waals surface area contributed by atoms with Crippen molar-refractivity contribution in [2.24, 2.45) is 5.84 Å². The van der Waals surface area contributed by atoms with Crippen LogP contribution in [-0.4, -0.2) is 55.1 Å². The Hall–Kier alpha value is -1.45. The molecule has 0 aromatic carbocycles. The summed E-state index contributed by atoms with van der Waals surface area (Å²) in [5, 5.41) is 0. The molecular weight excluding hydrogens is 268 g/mol. The number of nitrogens with one attached hydrogen (secondary N) is 1. The van der Waals surface area contributed by atoms with Crippen molar-refractivity contribution in [2.75, 3.05) is 42.8 Å². The van der Waals surface area contributed by atoms with E-state index in [1.54, 1.807) is 13.0 Å². The largest absolute Gasteiger partial charge is 0.354 e. The number of sulfonamides is 1. The molecule has 1 aromatic heterocycles. The third-order valence-corrected chi connectivity index (χ3v) is 4.31. The number of rotatable bonds is 3. The van der Waals surface area contributed by atoms with E-state index in [1.807, 2.05) is 4.90 Å². The van der Waals surface area contributed by atoms with E-state index in [4.69, 9.17) is 5.84 Å². The smallest absolute Gasteiger partial charge is 0.211 e. The van der Waals surface area contributed by atoms with E-state index in [2.05, 4.69) is 15.4 Å². The van der Waals surface area contributed by atoms with Gasteiger partial charge in [0.15, 0.2) is 0 Å². The van der Waals surface area contributed by atoms with Crippen LogP contribution in [0.3, 0.4) is 0 Å². The third kappa shape index (κ3) is 3.31. The van der Waals surface area contributed by atoms with E-state index in [-0.39, 0.29) is 0 Å². The fourth-order valence-corrected chi connectivity index (χ4v) is 2.86. The maximum atomic E-state index is 11.4. The highest BCUT2D eigenvalue weighted by molar-refractivity contribution is 7.88. The third-order valence-electron chi connectivity index (χ3n) is 3.00. The lowest BCUT2D eigenvalue weighted by Gasteiger charge is -2.34. The van der Waals surface area contributed by atoms with Crippen LogP contribution in [0.1, 0.15) is 5.82 Å². The highest BCUT2D eigenvalue weighted by Gasteiger charge is 2.24. The van der Waals surface area contributed by atoms with Gasteiger partial charge in [-0.3, -0.25) is 0 Å². The molecule has 0 radical (unpaired) electrons. The molecule has 0 atom stereocenters. The number of aryl methyl sites for hydroxylation is 1. The minimum Gasteiger partial charge on any atom is -0.354 e. The lowest BCUT2D eigenvalue weighted by molar-refractivity contribution is 0.387. The van der Waals surface area contributed by atoms with Crippen LogP contribution < -0.4 is 16.2 Å². The molecule has 0 bridgehead atoms. The fourth-order valence-electron chi connectivity index (χ4n) is 2.04. The summed E-state index contributed by atoms with van der Waals surface area (Å²) in [6, 6.07) is 1.75. The molecule has 0 spiro atoms. The van der Waals surface area contributed by atoms with E-state index in [0.29, 0.717) is 37.8 Å². The van der Waals surface area contributed by atoms with E-state index in [1.165, 1.54) is 10.6 Å². The molecule has 3 N–H and O–H groups in total. The second-order valence-corrected chi connectivity index (χ2v) is 6.43. The van der Waals surface area contributed by atoms with Crippen LogP contribution in [0.15, 0.2) is 6.07 Å². The van der Waals surface area contributed by atoms with Crippen molar-refractivity contribution in [1.82, 2.24) is 14.3 Å². The number of piperazine rings is 1. The molecule has 0 amide bonds. The van der Waals surface area contributed by atoms with Crippen LogP contribution in [0.5, 0.6) is 0 Å². The molecular formula is C10H18N6O2S. The maximum Gasteiger partial charge on any atom is 0.211 e. The summed E-state index contributed by atoms with van der Waals surface area (Å²) in [6.45, 7) is 3.93. The van der Waals surface area contributed by atoms with Crippen molar-refractivity contribution in [1.29, 1.82) is 0 Å². The number of anilines is 2. The molecule has 1 aliphatic heterocycles. The van der Waals surface area contributed by atoms with Crippen LogP contribution in [0.4, 0.5) is 11.6 Å². The molecule has 0 aliphatic carbocycles. The van der Waals surface area contributed by atoms with Crippen molar-refractivity contribution in [3.8, 4) is 0 Å². The van der Waals surface area contributed by atoms with Crippen LogP contribution in [0, 0.1) is 6.92 Å². The molecule has 0 saturated carbocycles. The van der Waals surface area contributed by atoms with E-state index >= 15 is 0 Å². The van der Waals surface area contributed by atoms with Gasteiger partial charge in [0, 0.05) is 32.2 Å². The predicted octanol–water partition coefficient (Wildman–Crippen LogP) is -0.848. The Morgan fingerprint density at radius 2 is 1.89 bits per heavy atom. The summed E-state index contributed by atoms with van der Waals surface area (Å²) in [6.07, 6.45) is 1.23. The summed E-state index contributed by atoms with van der Waals surface area (Å²) in [5.74, 6) is 7.28. The summed E-state index contributed by atoms with van der Waals surface area (Å²) >= 11 is 0. The van der Waals surface area contributed by atoms with Gasteiger partial charge < -0.3 is 10.3 Å². The minimum atomic E-state index is -3.11. The van der Waals surface area contributed by atoms with Crippen LogP contribution in [0.2, 0.25) is 0 Å². The van der Waals surface area contributed by atoms with E-state index in [9.17, 15) is 8.42 Å². The lowest BCUT2D eigenvalue weighted by Crippen LogP contribution is -2.48. The SMILES string of the molecule is Cc1nc(NN)cc(N2CCN(S(C)(=O)=O)CC2)n1. The molecule has 19 heavy (non-hydrogen) atoms. The first kappa shape index (κ1) is 14.0. The first-order chi connectivity index (χ1) is 8.90. The van der Waals surface area contributed by atoms with Crippen molar-refractivity contribution in [3.63, 3.8) is 0 Å². The average Bonchev–Trinajstić information content (AvgIpc) is 2.37. The van der Waals surface area contributed by atoms with Crippen molar-refractivity contribution in [3.05, 3.63) is 11.9 Å².